The van der Waals surface area contributed by atoms with Crippen LogP contribution in [0, 0.1) is 0 Å². The molecular weight excluding hydrogens is 220 g/mol. The van der Waals surface area contributed by atoms with E-state index in [1.54, 1.807) is 0 Å². The zero-order valence-electron chi connectivity index (χ0n) is 12.9. The summed E-state index contributed by atoms with van der Waals surface area (Å²) in [4.78, 5) is 0. The first-order valence-electron chi connectivity index (χ1n) is 7.12. The van der Waals surface area contributed by atoms with Crippen LogP contribution in [0.15, 0.2) is 24.3 Å². The summed E-state index contributed by atoms with van der Waals surface area (Å²) in [6.07, 6.45) is 0. The van der Waals surface area contributed by atoms with Gasteiger partial charge < -0.3 is 10.6 Å². The fourth-order valence-corrected chi connectivity index (χ4v) is 1.42. The van der Waals surface area contributed by atoms with Crippen molar-refractivity contribution in [3.63, 3.8) is 0 Å². The van der Waals surface area contributed by atoms with Crippen LogP contribution in [0.25, 0.3) is 0 Å². The summed E-state index contributed by atoms with van der Waals surface area (Å²) in [5.74, 6) is 0. The SMILES string of the molecule is CC.CC(C)NCc1ccc(CNC(C)C)cc1. The molecule has 0 fully saturated rings. The molecule has 104 valence electrons. The Bertz CT molecular complexity index is 257. The van der Waals surface area contributed by atoms with Crippen LogP contribution in [-0.4, -0.2) is 12.1 Å². The highest BCUT2D eigenvalue weighted by molar-refractivity contribution is 5.22. The van der Waals surface area contributed by atoms with Crippen molar-refractivity contribution in [1.82, 2.24) is 10.6 Å². The van der Waals surface area contributed by atoms with E-state index in [0.717, 1.165) is 13.1 Å². The van der Waals surface area contributed by atoms with E-state index in [-0.39, 0.29) is 0 Å². The van der Waals surface area contributed by atoms with Gasteiger partial charge in [-0.1, -0.05) is 65.8 Å². The standard InChI is InChI=1S/C14H24N2.C2H6/c1-11(2)15-9-13-5-7-14(8-6-13)10-16-12(3)4;1-2/h5-8,11-12,15-16H,9-10H2,1-4H3;1-2H3. The highest BCUT2D eigenvalue weighted by atomic mass is 14.9. The number of hydrogen-bond acceptors (Lipinski definition) is 2. The minimum absolute atomic E-state index is 0.544. The van der Waals surface area contributed by atoms with Gasteiger partial charge in [-0.2, -0.15) is 0 Å². The monoisotopic (exact) mass is 250 g/mol. The van der Waals surface area contributed by atoms with Gasteiger partial charge in [0.2, 0.25) is 0 Å². The third-order valence-corrected chi connectivity index (χ3v) is 2.45. The van der Waals surface area contributed by atoms with Gasteiger partial charge in [-0.3, -0.25) is 0 Å². The predicted octanol–water partition coefficient (Wildman–Crippen LogP) is 3.71. The van der Waals surface area contributed by atoms with Gasteiger partial charge in [0.05, 0.1) is 0 Å². The number of rotatable bonds is 6. The molecule has 0 radical (unpaired) electrons. The van der Waals surface area contributed by atoms with Gasteiger partial charge in [0.15, 0.2) is 0 Å². The first-order chi connectivity index (χ1) is 8.58. The largest absolute Gasteiger partial charge is 0.310 e. The van der Waals surface area contributed by atoms with Gasteiger partial charge in [-0.15, -0.1) is 0 Å². The Balaban J connectivity index is 0.00000137. The van der Waals surface area contributed by atoms with Crippen molar-refractivity contribution in [3.05, 3.63) is 35.4 Å². The van der Waals surface area contributed by atoms with Gasteiger partial charge in [0.25, 0.3) is 0 Å². The van der Waals surface area contributed by atoms with E-state index >= 15 is 0 Å². The van der Waals surface area contributed by atoms with Gasteiger partial charge >= 0.3 is 0 Å². The normalized spacial score (nSPS) is 10.4. The van der Waals surface area contributed by atoms with E-state index in [0.29, 0.717) is 12.1 Å². The first kappa shape index (κ1) is 17.1. The van der Waals surface area contributed by atoms with Crippen molar-refractivity contribution in [2.75, 3.05) is 0 Å². The topological polar surface area (TPSA) is 24.1 Å². The van der Waals surface area contributed by atoms with Crippen LogP contribution >= 0.6 is 0 Å². The molecule has 0 bridgehead atoms. The third-order valence-electron chi connectivity index (χ3n) is 2.45. The Morgan fingerprint density at radius 3 is 1.22 bits per heavy atom. The lowest BCUT2D eigenvalue weighted by Crippen LogP contribution is -2.22. The molecule has 0 heterocycles. The third kappa shape index (κ3) is 8.26. The fraction of sp³-hybridized carbons (Fsp3) is 0.625. The quantitative estimate of drug-likeness (QED) is 0.804. The van der Waals surface area contributed by atoms with Crippen molar-refractivity contribution in [3.8, 4) is 0 Å². The molecular formula is C16H30N2. The number of benzene rings is 1. The lowest BCUT2D eigenvalue weighted by atomic mass is 10.1. The molecule has 1 aromatic rings. The van der Waals surface area contributed by atoms with E-state index in [9.17, 15) is 0 Å². The van der Waals surface area contributed by atoms with Crippen LogP contribution < -0.4 is 10.6 Å². The molecule has 0 amide bonds. The Morgan fingerprint density at radius 1 is 0.722 bits per heavy atom. The zero-order chi connectivity index (χ0) is 14.0. The van der Waals surface area contributed by atoms with Crippen molar-refractivity contribution < 1.29 is 0 Å². The molecule has 0 saturated heterocycles. The molecule has 0 unspecified atom stereocenters. The maximum atomic E-state index is 3.42. The minimum atomic E-state index is 0.544. The van der Waals surface area contributed by atoms with Crippen molar-refractivity contribution >= 4 is 0 Å². The van der Waals surface area contributed by atoms with Crippen LogP contribution in [0.4, 0.5) is 0 Å². The summed E-state index contributed by atoms with van der Waals surface area (Å²) in [7, 11) is 0. The summed E-state index contributed by atoms with van der Waals surface area (Å²) in [5.41, 5.74) is 2.70. The number of nitrogens with one attached hydrogen (secondary N) is 2. The van der Waals surface area contributed by atoms with Gasteiger partial charge in [-0.25, -0.2) is 0 Å². The Hall–Kier alpha value is -0.860. The summed E-state index contributed by atoms with van der Waals surface area (Å²) >= 11 is 0. The summed E-state index contributed by atoms with van der Waals surface area (Å²) in [6.45, 7) is 14.6. The van der Waals surface area contributed by atoms with E-state index < -0.39 is 0 Å². The maximum Gasteiger partial charge on any atom is 0.0207 e. The molecule has 0 aromatic heterocycles. The molecule has 1 aromatic carbocycles. The van der Waals surface area contributed by atoms with Gasteiger partial charge in [0.1, 0.15) is 0 Å². The predicted molar refractivity (Wildman–Crippen MR) is 81.7 cm³/mol. The molecule has 0 saturated carbocycles. The van der Waals surface area contributed by atoms with Crippen LogP contribution in [0.2, 0.25) is 0 Å². The van der Waals surface area contributed by atoms with Crippen molar-refractivity contribution in [2.24, 2.45) is 0 Å². The van der Waals surface area contributed by atoms with Crippen molar-refractivity contribution in [1.29, 1.82) is 0 Å². The molecule has 0 spiro atoms. The molecule has 0 aliphatic rings. The summed E-state index contributed by atoms with van der Waals surface area (Å²) in [6, 6.07) is 9.89. The van der Waals surface area contributed by atoms with Crippen molar-refractivity contribution in [2.45, 2.75) is 66.7 Å². The molecule has 0 aliphatic heterocycles. The summed E-state index contributed by atoms with van der Waals surface area (Å²) < 4.78 is 0. The molecule has 2 N–H and O–H groups in total. The second kappa shape index (κ2) is 10.1. The maximum absolute atomic E-state index is 3.42. The van der Waals surface area contributed by atoms with E-state index in [4.69, 9.17) is 0 Å². The average molecular weight is 250 g/mol. The molecule has 0 atom stereocenters. The van der Waals surface area contributed by atoms with Crippen LogP contribution in [0.5, 0.6) is 0 Å². The fourth-order valence-electron chi connectivity index (χ4n) is 1.42. The van der Waals surface area contributed by atoms with Crippen LogP contribution in [0.3, 0.4) is 0 Å². The zero-order valence-corrected chi connectivity index (χ0v) is 12.9. The second-order valence-corrected chi connectivity index (χ2v) is 4.89. The Labute approximate surface area is 113 Å². The average Bonchev–Trinajstić information content (AvgIpc) is 2.37. The minimum Gasteiger partial charge on any atom is -0.310 e. The lowest BCUT2D eigenvalue weighted by Gasteiger charge is -2.10. The Morgan fingerprint density at radius 2 is 1.00 bits per heavy atom. The molecule has 18 heavy (non-hydrogen) atoms. The number of hydrogen-bond donors (Lipinski definition) is 2. The van der Waals surface area contributed by atoms with E-state index in [2.05, 4.69) is 62.6 Å². The van der Waals surface area contributed by atoms with E-state index in [1.165, 1.54) is 11.1 Å². The highest BCUT2D eigenvalue weighted by Gasteiger charge is 1.97. The second-order valence-electron chi connectivity index (χ2n) is 4.89. The molecule has 0 aliphatic carbocycles. The first-order valence-corrected chi connectivity index (χ1v) is 7.12. The molecule has 2 heteroatoms. The van der Waals surface area contributed by atoms with Crippen LogP contribution in [0.1, 0.15) is 52.7 Å². The smallest absolute Gasteiger partial charge is 0.0207 e. The lowest BCUT2D eigenvalue weighted by molar-refractivity contribution is 0.584. The van der Waals surface area contributed by atoms with Gasteiger partial charge in [0, 0.05) is 25.2 Å². The van der Waals surface area contributed by atoms with E-state index in [1.807, 2.05) is 13.8 Å². The highest BCUT2D eigenvalue weighted by Crippen LogP contribution is 2.04. The Kier molecular flexibility index (Phi) is 9.62. The molecule has 1 rings (SSSR count). The van der Waals surface area contributed by atoms with Gasteiger partial charge in [-0.05, 0) is 11.1 Å². The van der Waals surface area contributed by atoms with Crippen LogP contribution in [-0.2, 0) is 13.1 Å². The molecule has 2 nitrogen and oxygen atoms in total. The summed E-state index contributed by atoms with van der Waals surface area (Å²) in [5, 5.41) is 6.83.